The van der Waals surface area contributed by atoms with Crippen LogP contribution in [0.1, 0.15) is 12.8 Å². The Labute approximate surface area is 151 Å². The van der Waals surface area contributed by atoms with Gasteiger partial charge in [-0.25, -0.2) is 4.79 Å². The Bertz CT molecular complexity index is 694. The molecule has 1 aromatic rings. The van der Waals surface area contributed by atoms with E-state index in [0.29, 0.717) is 39.0 Å². The number of carbonyl (C=O) groups is 1. The van der Waals surface area contributed by atoms with Crippen molar-refractivity contribution in [2.24, 2.45) is 5.92 Å². The van der Waals surface area contributed by atoms with Crippen LogP contribution in [-0.2, 0) is 14.8 Å². The third-order valence-corrected chi connectivity index (χ3v) is 7.82. The molecule has 0 aliphatic carbocycles. The lowest BCUT2D eigenvalue weighted by Crippen LogP contribution is -2.66. The zero-order chi connectivity index (χ0) is 17.2. The van der Waals surface area contributed by atoms with Gasteiger partial charge in [-0.05, 0) is 50.2 Å². The van der Waals surface area contributed by atoms with E-state index in [4.69, 9.17) is 0 Å². The second kappa shape index (κ2) is 7.21. The second-order valence-electron chi connectivity index (χ2n) is 6.38. The zero-order valence-electron chi connectivity index (χ0n) is 13.5. The first-order chi connectivity index (χ1) is 11.5. The van der Waals surface area contributed by atoms with Gasteiger partial charge in [-0.15, -0.1) is 0 Å². The van der Waals surface area contributed by atoms with Gasteiger partial charge in [-0.2, -0.15) is 12.3 Å². The van der Waals surface area contributed by atoms with Crippen molar-refractivity contribution in [1.29, 1.82) is 0 Å². The number of carbonyl (C=O) groups excluding carboxylic acids is 1. The first-order valence-electron chi connectivity index (χ1n) is 8.31. The Morgan fingerprint density at radius 3 is 2.12 bits per heavy atom. The van der Waals surface area contributed by atoms with E-state index in [1.807, 2.05) is 0 Å². The molecule has 2 N–H and O–H groups in total. The van der Waals surface area contributed by atoms with Crippen molar-refractivity contribution in [3.63, 3.8) is 0 Å². The second-order valence-corrected chi connectivity index (χ2v) is 9.41. The van der Waals surface area contributed by atoms with Gasteiger partial charge in [0.05, 0.1) is 5.92 Å². The van der Waals surface area contributed by atoms with Crippen molar-refractivity contribution < 1.29 is 17.1 Å². The fourth-order valence-corrected chi connectivity index (χ4v) is 5.74. The van der Waals surface area contributed by atoms with Gasteiger partial charge >= 0.3 is 15.9 Å². The first-order valence-corrected chi connectivity index (χ1v) is 10.5. The number of nitrogens with zero attached hydrogens (tertiary/aromatic N) is 1. The molecule has 2 aliphatic heterocycles. The van der Waals surface area contributed by atoms with E-state index in [1.165, 1.54) is 0 Å². The van der Waals surface area contributed by atoms with Gasteiger partial charge in [0.15, 0.2) is 0 Å². The largest absolute Gasteiger partial charge is 0.334 e. The molecule has 8 heteroatoms. The summed E-state index contributed by atoms with van der Waals surface area (Å²) in [6.07, 6.45) is 1.42. The van der Waals surface area contributed by atoms with E-state index in [1.54, 1.807) is 24.3 Å². The number of sulfonamides is 1. The zero-order valence-corrected chi connectivity index (χ0v) is 15.9. The minimum atomic E-state index is -3.78. The number of nitrogens with one attached hydrogen (secondary N) is 2. The molecule has 6 nitrogen and oxygen atoms in total. The molecule has 0 radical (unpaired) electrons. The lowest BCUT2D eigenvalue weighted by atomic mass is 9.96. The number of quaternary nitrogens is 1. The van der Waals surface area contributed by atoms with Gasteiger partial charge in [0.2, 0.25) is 0 Å². The Morgan fingerprint density at radius 2 is 1.54 bits per heavy atom. The van der Waals surface area contributed by atoms with Crippen molar-refractivity contribution in [2.75, 3.05) is 39.3 Å². The summed E-state index contributed by atoms with van der Waals surface area (Å²) >= 11 is 3.33. The van der Waals surface area contributed by atoms with Crippen molar-refractivity contribution in [2.45, 2.75) is 17.7 Å². The van der Waals surface area contributed by atoms with Crippen molar-refractivity contribution in [1.82, 2.24) is 10.6 Å². The summed E-state index contributed by atoms with van der Waals surface area (Å²) < 4.78 is 27.2. The van der Waals surface area contributed by atoms with Crippen LogP contribution in [0.3, 0.4) is 0 Å². The molecule has 1 amide bonds. The van der Waals surface area contributed by atoms with Crippen molar-refractivity contribution in [3.8, 4) is 0 Å². The summed E-state index contributed by atoms with van der Waals surface area (Å²) in [5.74, 6) is -0.324. The predicted molar refractivity (Wildman–Crippen MR) is 94.8 cm³/mol. The van der Waals surface area contributed by atoms with Gasteiger partial charge < -0.3 is 10.6 Å². The Morgan fingerprint density at radius 1 is 1.00 bits per heavy atom. The van der Waals surface area contributed by atoms with E-state index in [9.17, 15) is 13.2 Å². The number of piperidine rings is 1. The Balaban J connectivity index is 2.01. The van der Waals surface area contributed by atoms with E-state index in [0.717, 1.165) is 17.6 Å². The van der Waals surface area contributed by atoms with Gasteiger partial charge in [0, 0.05) is 17.6 Å². The molecular weight excluding hydrogens is 394 g/mol. The molecule has 2 fully saturated rings. The maximum atomic E-state index is 13.4. The normalized spacial score (nSPS) is 22.2. The molecule has 2 aliphatic rings. The summed E-state index contributed by atoms with van der Waals surface area (Å²) in [5, 5.41) is 6.41. The number of amides is 1. The van der Waals surface area contributed by atoms with Crippen LogP contribution in [-0.4, -0.2) is 57.5 Å². The highest BCUT2D eigenvalue weighted by Gasteiger charge is 2.52. The Kier molecular flexibility index (Phi) is 5.41. The molecule has 24 heavy (non-hydrogen) atoms. The van der Waals surface area contributed by atoms with Crippen LogP contribution in [0.2, 0.25) is 0 Å². The van der Waals surface area contributed by atoms with Crippen LogP contribution in [0, 0.1) is 5.92 Å². The van der Waals surface area contributed by atoms with Crippen LogP contribution in [0.15, 0.2) is 33.6 Å². The fraction of sp³-hybridized carbons (Fsp3) is 0.562. The standard InChI is InChI=1S/C16H23BrN3O3S/c17-14-1-3-15(4-2-14)24(22,23)20(11-9-19-10-12-20)16(21)13-5-7-18-8-6-13/h1-4,13,18-19H,5-12H2/q+1. The highest BCUT2D eigenvalue weighted by Crippen LogP contribution is 2.31. The molecule has 0 spiro atoms. The molecule has 2 heterocycles. The predicted octanol–water partition coefficient (Wildman–Crippen LogP) is 1.08. The molecule has 0 bridgehead atoms. The van der Waals surface area contributed by atoms with Crippen LogP contribution in [0.25, 0.3) is 0 Å². The van der Waals surface area contributed by atoms with E-state index < -0.39 is 13.9 Å². The molecule has 0 atom stereocenters. The highest BCUT2D eigenvalue weighted by molar-refractivity contribution is 9.10. The highest BCUT2D eigenvalue weighted by atomic mass is 79.9. The third-order valence-electron chi connectivity index (χ3n) is 4.96. The van der Waals surface area contributed by atoms with Crippen LogP contribution < -0.4 is 10.6 Å². The molecular formula is C16H23BrN3O3S+. The van der Waals surface area contributed by atoms with Crippen molar-refractivity contribution >= 4 is 31.9 Å². The minimum Gasteiger partial charge on any atom is -0.317 e. The van der Waals surface area contributed by atoms with Gasteiger partial charge in [-0.3, -0.25) is 0 Å². The average molecular weight is 417 g/mol. The SMILES string of the molecule is O=C(C1CCNCC1)[N+]1(S(=O)(=O)c2ccc(Br)cc2)CCNCC1. The quantitative estimate of drug-likeness (QED) is 0.721. The number of piperazine rings is 1. The molecule has 0 aromatic heterocycles. The van der Waals surface area contributed by atoms with Crippen LogP contribution >= 0.6 is 15.9 Å². The van der Waals surface area contributed by atoms with Crippen molar-refractivity contribution in [3.05, 3.63) is 28.7 Å². The summed E-state index contributed by atoms with van der Waals surface area (Å²) in [5.41, 5.74) is 0. The smallest absolute Gasteiger partial charge is 0.317 e. The summed E-state index contributed by atoms with van der Waals surface area (Å²) in [7, 11) is -3.78. The van der Waals surface area contributed by atoms with Gasteiger partial charge in [-0.1, -0.05) is 15.9 Å². The lowest BCUT2D eigenvalue weighted by molar-refractivity contribution is -0.733. The average Bonchev–Trinajstić information content (AvgIpc) is 2.62. The lowest BCUT2D eigenvalue weighted by Gasteiger charge is -2.40. The number of benzene rings is 1. The monoisotopic (exact) mass is 416 g/mol. The maximum absolute atomic E-state index is 13.4. The number of rotatable bonds is 3. The summed E-state index contributed by atoms with van der Waals surface area (Å²) in [6, 6.07) is 6.58. The molecule has 0 saturated carbocycles. The molecule has 1 aromatic carbocycles. The number of hydrogen-bond donors (Lipinski definition) is 2. The topological polar surface area (TPSA) is 75.3 Å². The fourth-order valence-electron chi connectivity index (χ4n) is 3.55. The maximum Gasteiger partial charge on any atom is 0.334 e. The first kappa shape index (κ1) is 18.0. The molecule has 132 valence electrons. The van der Waals surface area contributed by atoms with Crippen LogP contribution in [0.4, 0.5) is 0 Å². The molecule has 2 saturated heterocycles. The number of hydrogen-bond acceptors (Lipinski definition) is 5. The number of halogens is 1. The summed E-state index contributed by atoms with van der Waals surface area (Å²) in [6.45, 7) is 3.20. The molecule has 0 unspecified atom stereocenters. The molecule has 3 rings (SSSR count). The van der Waals surface area contributed by atoms with E-state index in [2.05, 4.69) is 26.6 Å². The minimum absolute atomic E-state index is 0.138. The van der Waals surface area contributed by atoms with Crippen LogP contribution in [0.5, 0.6) is 0 Å². The third kappa shape index (κ3) is 3.17. The van der Waals surface area contributed by atoms with Gasteiger partial charge in [0.1, 0.15) is 18.0 Å². The summed E-state index contributed by atoms with van der Waals surface area (Å²) in [4.78, 5) is 13.5. The Hall–Kier alpha value is -0.800. The van der Waals surface area contributed by atoms with E-state index >= 15 is 0 Å². The van der Waals surface area contributed by atoms with Gasteiger partial charge in [0.25, 0.3) is 0 Å². The van der Waals surface area contributed by atoms with E-state index in [-0.39, 0.29) is 16.7 Å².